The first-order chi connectivity index (χ1) is 14.1. The number of para-hydroxylation sites is 2. The highest BCUT2D eigenvalue weighted by Gasteiger charge is 2.16. The maximum atomic E-state index is 12.4. The quantitative estimate of drug-likeness (QED) is 0.588. The van der Waals surface area contributed by atoms with E-state index in [1.165, 1.54) is 0 Å². The van der Waals surface area contributed by atoms with Gasteiger partial charge in [-0.15, -0.1) is 0 Å². The van der Waals surface area contributed by atoms with E-state index in [1.54, 1.807) is 0 Å². The van der Waals surface area contributed by atoms with Gasteiger partial charge in [0, 0.05) is 18.4 Å². The van der Waals surface area contributed by atoms with E-state index in [0.717, 1.165) is 30.7 Å². The topological polar surface area (TPSA) is 68.8 Å². The number of carbonyl (C=O) groups is 1. The van der Waals surface area contributed by atoms with Crippen molar-refractivity contribution < 1.29 is 19.0 Å². The fraction of sp³-hybridized carbons (Fsp3) is 0.348. The molecule has 0 aromatic heterocycles. The van der Waals surface area contributed by atoms with E-state index in [-0.39, 0.29) is 18.6 Å². The Kier molecular flexibility index (Phi) is 7.53. The highest BCUT2D eigenvalue weighted by atomic mass is 16.5. The van der Waals surface area contributed by atoms with Crippen LogP contribution in [0.5, 0.6) is 11.5 Å². The van der Waals surface area contributed by atoms with Gasteiger partial charge in [-0.25, -0.2) is 0 Å². The van der Waals surface area contributed by atoms with Crippen LogP contribution in [0, 0.1) is 0 Å². The first-order valence-electron chi connectivity index (χ1n) is 9.84. The van der Waals surface area contributed by atoms with Crippen molar-refractivity contribution in [2.45, 2.75) is 25.9 Å². The molecule has 6 nitrogen and oxygen atoms in total. The number of rotatable bonds is 10. The molecule has 0 saturated carbocycles. The molecule has 0 aliphatic carbocycles. The minimum atomic E-state index is -0.156. The number of ether oxygens (including phenoxy) is 3. The summed E-state index contributed by atoms with van der Waals surface area (Å²) in [6, 6.07) is 14.9. The van der Waals surface area contributed by atoms with E-state index >= 15 is 0 Å². The molecule has 0 spiro atoms. The average Bonchev–Trinajstić information content (AvgIpc) is 3.24. The molecule has 2 aromatic rings. The highest BCUT2D eigenvalue weighted by Crippen LogP contribution is 2.24. The molecule has 1 amide bonds. The summed E-state index contributed by atoms with van der Waals surface area (Å²) in [5.41, 5.74) is 2.38. The molecular weight excluding hydrogens is 368 g/mol. The fourth-order valence-electron chi connectivity index (χ4n) is 2.95. The summed E-state index contributed by atoms with van der Waals surface area (Å²) in [6.45, 7) is 7.63. The third kappa shape index (κ3) is 6.84. The number of hydrogen-bond donors (Lipinski definition) is 2. The standard InChI is InChI=1S/C23H28N2O4/c1-17(2)15-29-22-11-4-3-10-21(22)24-14-23(26)25-18-7-5-8-19(13-18)28-16-20-9-6-12-27-20/h3-5,7-8,10-11,13,20,24H,1,6,9,12,14-16H2,2H3,(H,25,26). The minimum Gasteiger partial charge on any atom is -0.491 e. The van der Waals surface area contributed by atoms with Crippen molar-refractivity contribution in [3.05, 3.63) is 60.7 Å². The zero-order valence-corrected chi connectivity index (χ0v) is 16.8. The van der Waals surface area contributed by atoms with Gasteiger partial charge in [0.2, 0.25) is 5.91 Å². The molecule has 1 saturated heterocycles. The Morgan fingerprint density at radius 1 is 1.21 bits per heavy atom. The summed E-state index contributed by atoms with van der Waals surface area (Å²) < 4.78 is 17.1. The van der Waals surface area contributed by atoms with Crippen LogP contribution in [0.1, 0.15) is 19.8 Å². The van der Waals surface area contributed by atoms with Crippen molar-refractivity contribution in [2.24, 2.45) is 0 Å². The van der Waals surface area contributed by atoms with Crippen molar-refractivity contribution in [3.8, 4) is 11.5 Å². The van der Waals surface area contributed by atoms with Gasteiger partial charge in [0.1, 0.15) is 24.7 Å². The lowest BCUT2D eigenvalue weighted by Crippen LogP contribution is -2.22. The van der Waals surface area contributed by atoms with Gasteiger partial charge in [0.25, 0.3) is 0 Å². The van der Waals surface area contributed by atoms with Gasteiger partial charge in [-0.3, -0.25) is 4.79 Å². The largest absolute Gasteiger partial charge is 0.491 e. The molecular formula is C23H28N2O4. The Labute approximate surface area is 171 Å². The number of amides is 1. The minimum absolute atomic E-state index is 0.119. The molecule has 29 heavy (non-hydrogen) atoms. The van der Waals surface area contributed by atoms with Gasteiger partial charge in [-0.05, 0) is 49.6 Å². The lowest BCUT2D eigenvalue weighted by Gasteiger charge is -2.14. The van der Waals surface area contributed by atoms with E-state index in [1.807, 2.05) is 55.5 Å². The van der Waals surface area contributed by atoms with Gasteiger partial charge in [-0.1, -0.05) is 24.8 Å². The van der Waals surface area contributed by atoms with E-state index in [9.17, 15) is 4.79 Å². The fourth-order valence-corrected chi connectivity index (χ4v) is 2.95. The first-order valence-corrected chi connectivity index (χ1v) is 9.84. The second-order valence-corrected chi connectivity index (χ2v) is 7.12. The van der Waals surface area contributed by atoms with Crippen molar-refractivity contribution in [3.63, 3.8) is 0 Å². The van der Waals surface area contributed by atoms with Crippen molar-refractivity contribution >= 4 is 17.3 Å². The molecule has 0 radical (unpaired) electrons. The lowest BCUT2D eigenvalue weighted by molar-refractivity contribution is -0.114. The highest BCUT2D eigenvalue weighted by molar-refractivity contribution is 5.94. The maximum absolute atomic E-state index is 12.4. The summed E-state index contributed by atoms with van der Waals surface area (Å²) in [5, 5.41) is 6.00. The van der Waals surface area contributed by atoms with Gasteiger partial charge >= 0.3 is 0 Å². The Morgan fingerprint density at radius 3 is 2.86 bits per heavy atom. The molecule has 1 heterocycles. The Hall–Kier alpha value is -2.99. The predicted octanol–water partition coefficient (Wildman–Crippen LogP) is 4.25. The zero-order valence-electron chi connectivity index (χ0n) is 16.8. The second-order valence-electron chi connectivity index (χ2n) is 7.12. The number of anilines is 2. The van der Waals surface area contributed by atoms with Crippen LogP contribution in [0.3, 0.4) is 0 Å². The van der Waals surface area contributed by atoms with Crippen LogP contribution in [0.2, 0.25) is 0 Å². The zero-order chi connectivity index (χ0) is 20.5. The van der Waals surface area contributed by atoms with Crippen LogP contribution in [0.15, 0.2) is 60.7 Å². The van der Waals surface area contributed by atoms with E-state index in [2.05, 4.69) is 17.2 Å². The molecule has 1 aliphatic heterocycles. The summed E-state index contributed by atoms with van der Waals surface area (Å²) in [5.74, 6) is 1.24. The molecule has 0 bridgehead atoms. The third-order valence-electron chi connectivity index (χ3n) is 4.38. The molecule has 3 rings (SSSR count). The number of carbonyl (C=O) groups excluding carboxylic acids is 1. The molecule has 154 valence electrons. The van der Waals surface area contributed by atoms with Crippen LogP contribution in [0.25, 0.3) is 0 Å². The monoisotopic (exact) mass is 396 g/mol. The predicted molar refractivity (Wildman–Crippen MR) is 115 cm³/mol. The van der Waals surface area contributed by atoms with Crippen LogP contribution in [-0.4, -0.2) is 38.4 Å². The molecule has 1 aliphatic rings. The summed E-state index contributed by atoms with van der Waals surface area (Å²) in [4.78, 5) is 12.4. The number of hydrogen-bond acceptors (Lipinski definition) is 5. The average molecular weight is 396 g/mol. The van der Waals surface area contributed by atoms with Crippen LogP contribution >= 0.6 is 0 Å². The van der Waals surface area contributed by atoms with E-state index in [0.29, 0.717) is 30.4 Å². The SMILES string of the molecule is C=C(C)COc1ccccc1NCC(=O)Nc1cccc(OCC2CCCO2)c1. The Balaban J connectivity index is 1.49. The van der Waals surface area contributed by atoms with Crippen LogP contribution in [0.4, 0.5) is 11.4 Å². The summed E-state index contributed by atoms with van der Waals surface area (Å²) in [7, 11) is 0. The van der Waals surface area contributed by atoms with Gasteiger partial charge in [-0.2, -0.15) is 0 Å². The molecule has 2 aromatic carbocycles. The lowest BCUT2D eigenvalue weighted by atomic mass is 10.2. The van der Waals surface area contributed by atoms with Gasteiger partial charge in [0.15, 0.2) is 0 Å². The van der Waals surface area contributed by atoms with E-state index < -0.39 is 0 Å². The Morgan fingerprint density at radius 2 is 2.07 bits per heavy atom. The number of nitrogens with one attached hydrogen (secondary N) is 2. The summed E-state index contributed by atoms with van der Waals surface area (Å²) >= 11 is 0. The smallest absolute Gasteiger partial charge is 0.243 e. The van der Waals surface area contributed by atoms with Crippen LogP contribution < -0.4 is 20.1 Å². The second kappa shape index (κ2) is 10.5. The number of benzene rings is 2. The molecule has 1 fully saturated rings. The molecule has 1 unspecified atom stereocenters. The van der Waals surface area contributed by atoms with Crippen molar-refractivity contribution in [1.82, 2.24) is 0 Å². The van der Waals surface area contributed by atoms with Crippen molar-refractivity contribution in [1.29, 1.82) is 0 Å². The van der Waals surface area contributed by atoms with E-state index in [4.69, 9.17) is 14.2 Å². The maximum Gasteiger partial charge on any atom is 0.243 e. The molecule has 2 N–H and O–H groups in total. The summed E-state index contributed by atoms with van der Waals surface area (Å²) in [6.07, 6.45) is 2.27. The molecule has 6 heteroatoms. The van der Waals surface area contributed by atoms with Gasteiger partial charge < -0.3 is 24.8 Å². The first kappa shape index (κ1) is 20.7. The van der Waals surface area contributed by atoms with Crippen molar-refractivity contribution in [2.75, 3.05) is 37.0 Å². The third-order valence-corrected chi connectivity index (χ3v) is 4.38. The van der Waals surface area contributed by atoms with Crippen LogP contribution in [-0.2, 0) is 9.53 Å². The Bertz CT molecular complexity index is 831. The normalized spacial score (nSPS) is 15.6. The molecule has 1 atom stereocenters. The van der Waals surface area contributed by atoms with Gasteiger partial charge in [0.05, 0.1) is 18.3 Å².